The van der Waals surface area contributed by atoms with Crippen molar-refractivity contribution < 1.29 is 43.2 Å². The molecule has 0 amide bonds. The van der Waals surface area contributed by atoms with Crippen LogP contribution in [0.3, 0.4) is 0 Å². The van der Waals surface area contributed by atoms with Crippen LogP contribution in [-0.2, 0) is 33.3 Å². The van der Waals surface area contributed by atoms with Crippen LogP contribution < -0.4 is 0 Å². The van der Waals surface area contributed by atoms with Crippen LogP contribution in [0.2, 0.25) is 0 Å². The largest absolute Gasteiger partial charge is 0.454 e. The van der Waals surface area contributed by atoms with Gasteiger partial charge in [0.1, 0.15) is 6.10 Å². The fourth-order valence-corrected chi connectivity index (χ4v) is 2.77. The molecule has 0 aliphatic carbocycles. The van der Waals surface area contributed by atoms with Gasteiger partial charge in [0, 0.05) is 21.0 Å². The van der Waals surface area contributed by atoms with E-state index in [-0.39, 0.29) is 5.56 Å². The summed E-state index contributed by atoms with van der Waals surface area (Å²) in [6, 6.07) is 8.14. The van der Waals surface area contributed by atoms with E-state index in [4.69, 9.17) is 23.7 Å². The van der Waals surface area contributed by atoms with Crippen LogP contribution in [0.4, 0.5) is 0 Å². The van der Waals surface area contributed by atoms with Gasteiger partial charge < -0.3 is 28.8 Å². The third kappa shape index (κ3) is 5.25. The Morgan fingerprint density at radius 2 is 1.56 bits per heavy atom. The highest BCUT2D eigenvalue weighted by Crippen LogP contribution is 2.29. The van der Waals surface area contributed by atoms with Gasteiger partial charge in [-0.25, -0.2) is 4.79 Å². The maximum absolute atomic E-state index is 12.4. The second kappa shape index (κ2) is 9.45. The van der Waals surface area contributed by atoms with Gasteiger partial charge >= 0.3 is 17.9 Å². The number of rotatable bonds is 6. The normalized spacial score (nSPS) is 27.5. The van der Waals surface area contributed by atoms with Gasteiger partial charge in [-0.1, -0.05) is 18.2 Å². The Morgan fingerprint density at radius 3 is 2.07 bits per heavy atom. The zero-order valence-electron chi connectivity index (χ0n) is 15.2. The molecular weight excluding hydrogens is 360 g/mol. The number of ether oxygens (including phenoxy) is 5. The predicted octanol–water partition coefficient (Wildman–Crippen LogP) is 0.439. The number of hydrogen-bond acceptors (Lipinski definition) is 9. The molecule has 1 fully saturated rings. The molecule has 0 spiro atoms. The number of aliphatic hydroxyl groups excluding tert-OH is 1. The fraction of sp³-hybridized carbons (Fsp3) is 0.500. The van der Waals surface area contributed by atoms with E-state index in [1.165, 1.54) is 14.0 Å². The molecule has 1 heterocycles. The Labute approximate surface area is 156 Å². The van der Waals surface area contributed by atoms with Crippen molar-refractivity contribution in [3.05, 3.63) is 35.9 Å². The first kappa shape index (κ1) is 20.8. The van der Waals surface area contributed by atoms with Gasteiger partial charge in [-0.2, -0.15) is 0 Å². The van der Waals surface area contributed by atoms with Crippen molar-refractivity contribution >= 4 is 17.9 Å². The van der Waals surface area contributed by atoms with Gasteiger partial charge in [0.15, 0.2) is 24.6 Å². The molecule has 0 radical (unpaired) electrons. The second-order valence-electron chi connectivity index (χ2n) is 5.85. The highest BCUT2D eigenvalue weighted by Gasteiger charge is 2.52. The van der Waals surface area contributed by atoms with Crippen molar-refractivity contribution in [1.82, 2.24) is 0 Å². The van der Waals surface area contributed by atoms with Crippen LogP contribution in [-0.4, -0.2) is 67.4 Å². The molecule has 0 unspecified atom stereocenters. The minimum atomic E-state index is -1.23. The summed E-state index contributed by atoms with van der Waals surface area (Å²) < 4.78 is 26.6. The van der Waals surface area contributed by atoms with E-state index in [2.05, 4.69) is 0 Å². The lowest BCUT2D eigenvalue weighted by Gasteiger charge is -2.43. The number of methoxy groups -OCH3 is 1. The molecule has 1 aromatic carbocycles. The van der Waals surface area contributed by atoms with Crippen molar-refractivity contribution in [2.45, 2.75) is 44.6 Å². The van der Waals surface area contributed by atoms with Gasteiger partial charge in [0.2, 0.25) is 0 Å². The molecule has 1 aliphatic heterocycles. The standard InChI is InChI=1S/C18H22O9/c1-10(20)24-15-14(27-17(22)12-7-5-4-6-8-12)13(9-19)26-18(23-3)16(15)25-11(2)21/h4-8,13-16,18-19H,9H2,1-3H3/t13-,14+,15+,16-,18+/m1/s1. The molecule has 0 bridgehead atoms. The van der Waals surface area contributed by atoms with E-state index in [0.717, 1.165) is 6.92 Å². The van der Waals surface area contributed by atoms with E-state index in [9.17, 15) is 19.5 Å². The van der Waals surface area contributed by atoms with Crippen molar-refractivity contribution in [1.29, 1.82) is 0 Å². The predicted molar refractivity (Wildman–Crippen MR) is 89.5 cm³/mol. The van der Waals surface area contributed by atoms with Gasteiger partial charge in [-0.05, 0) is 12.1 Å². The summed E-state index contributed by atoms with van der Waals surface area (Å²) in [5.41, 5.74) is 0.258. The number of esters is 3. The molecule has 0 saturated carbocycles. The fourth-order valence-electron chi connectivity index (χ4n) is 2.77. The van der Waals surface area contributed by atoms with Crippen molar-refractivity contribution in [2.24, 2.45) is 0 Å². The Hall–Kier alpha value is -2.49. The lowest BCUT2D eigenvalue weighted by atomic mass is 9.98. The maximum atomic E-state index is 12.4. The summed E-state index contributed by atoms with van der Waals surface area (Å²) in [5, 5.41) is 9.66. The molecule has 1 N–H and O–H groups in total. The molecule has 148 valence electrons. The first-order valence-corrected chi connectivity index (χ1v) is 8.27. The minimum absolute atomic E-state index is 0.258. The first-order chi connectivity index (χ1) is 12.9. The van der Waals surface area contributed by atoms with Crippen LogP contribution in [0, 0.1) is 0 Å². The van der Waals surface area contributed by atoms with E-state index in [0.29, 0.717) is 0 Å². The van der Waals surface area contributed by atoms with Gasteiger partial charge in [0.25, 0.3) is 0 Å². The summed E-state index contributed by atoms with van der Waals surface area (Å²) in [5.74, 6) is -2.07. The van der Waals surface area contributed by atoms with Gasteiger partial charge in [0.05, 0.1) is 12.2 Å². The Balaban J connectivity index is 2.34. The topological polar surface area (TPSA) is 118 Å². The number of aliphatic hydroxyl groups is 1. The molecule has 27 heavy (non-hydrogen) atoms. The Morgan fingerprint density at radius 1 is 0.963 bits per heavy atom. The summed E-state index contributed by atoms with van der Waals surface area (Å²) in [6.07, 6.45) is -5.81. The van der Waals surface area contributed by atoms with Crippen molar-refractivity contribution in [2.75, 3.05) is 13.7 Å². The molecular formula is C18H22O9. The molecule has 1 saturated heterocycles. The number of hydrogen-bond donors (Lipinski definition) is 1. The highest BCUT2D eigenvalue weighted by molar-refractivity contribution is 5.89. The maximum Gasteiger partial charge on any atom is 0.338 e. The lowest BCUT2D eigenvalue weighted by molar-refractivity contribution is -0.299. The molecule has 0 aromatic heterocycles. The van der Waals surface area contributed by atoms with E-state index in [1.54, 1.807) is 30.3 Å². The summed E-state index contributed by atoms with van der Waals surface area (Å²) in [6.45, 7) is 1.78. The molecule has 2 rings (SSSR count). The number of benzene rings is 1. The molecule has 9 nitrogen and oxygen atoms in total. The minimum Gasteiger partial charge on any atom is -0.454 e. The van der Waals surface area contributed by atoms with Crippen LogP contribution in [0.1, 0.15) is 24.2 Å². The zero-order valence-corrected chi connectivity index (χ0v) is 15.2. The van der Waals surface area contributed by atoms with Crippen LogP contribution in [0.25, 0.3) is 0 Å². The number of carbonyl (C=O) groups is 3. The Bertz CT molecular complexity index is 660. The third-order valence-corrected chi connectivity index (χ3v) is 3.86. The Kier molecular flexibility index (Phi) is 7.28. The summed E-state index contributed by atoms with van der Waals surface area (Å²) in [7, 11) is 1.30. The van der Waals surface area contributed by atoms with E-state index >= 15 is 0 Å². The van der Waals surface area contributed by atoms with E-state index < -0.39 is 55.2 Å². The second-order valence-corrected chi connectivity index (χ2v) is 5.85. The monoisotopic (exact) mass is 382 g/mol. The zero-order chi connectivity index (χ0) is 20.0. The first-order valence-electron chi connectivity index (χ1n) is 8.27. The lowest BCUT2D eigenvalue weighted by Crippen LogP contribution is -2.62. The average Bonchev–Trinajstić information content (AvgIpc) is 2.64. The molecule has 1 aromatic rings. The molecule has 5 atom stereocenters. The van der Waals surface area contributed by atoms with Crippen molar-refractivity contribution in [3.63, 3.8) is 0 Å². The van der Waals surface area contributed by atoms with Gasteiger partial charge in [-0.15, -0.1) is 0 Å². The summed E-state index contributed by atoms with van der Waals surface area (Å²) >= 11 is 0. The van der Waals surface area contributed by atoms with E-state index in [1.807, 2.05) is 0 Å². The highest BCUT2D eigenvalue weighted by atomic mass is 16.7. The van der Waals surface area contributed by atoms with Crippen LogP contribution >= 0.6 is 0 Å². The van der Waals surface area contributed by atoms with Crippen LogP contribution in [0.5, 0.6) is 0 Å². The molecule has 9 heteroatoms. The summed E-state index contributed by atoms with van der Waals surface area (Å²) in [4.78, 5) is 35.5. The average molecular weight is 382 g/mol. The quantitative estimate of drug-likeness (QED) is 0.552. The van der Waals surface area contributed by atoms with Crippen molar-refractivity contribution in [3.8, 4) is 0 Å². The van der Waals surface area contributed by atoms with Crippen LogP contribution in [0.15, 0.2) is 30.3 Å². The smallest absolute Gasteiger partial charge is 0.338 e. The molecule has 1 aliphatic rings. The SMILES string of the molecule is CO[C@H]1O[C@H](CO)[C@H](OC(=O)c2ccccc2)[C@H](OC(C)=O)[C@H]1OC(C)=O. The number of carbonyl (C=O) groups excluding carboxylic acids is 3. The third-order valence-electron chi connectivity index (χ3n) is 3.86. The van der Waals surface area contributed by atoms with Gasteiger partial charge in [-0.3, -0.25) is 9.59 Å².